The fourth-order valence-corrected chi connectivity index (χ4v) is 2.04. The number of hydrogen-bond donors (Lipinski definition) is 2. The highest BCUT2D eigenvalue weighted by Crippen LogP contribution is 2.17. The van der Waals surface area contributed by atoms with E-state index >= 15 is 0 Å². The summed E-state index contributed by atoms with van der Waals surface area (Å²) in [4.78, 5) is 0. The topological polar surface area (TPSA) is 63.3 Å². The van der Waals surface area contributed by atoms with Gasteiger partial charge in [0, 0.05) is 5.38 Å². The van der Waals surface area contributed by atoms with Crippen LogP contribution in [0.15, 0.2) is 15.0 Å². The number of aromatic nitrogens is 1. The van der Waals surface area contributed by atoms with E-state index in [9.17, 15) is 0 Å². The minimum atomic E-state index is 0.144. The van der Waals surface area contributed by atoms with Crippen LogP contribution < -0.4 is 11.2 Å². The van der Waals surface area contributed by atoms with E-state index in [0.717, 1.165) is 15.9 Å². The first-order valence-electron chi connectivity index (χ1n) is 3.31. The summed E-state index contributed by atoms with van der Waals surface area (Å²) in [6, 6.07) is 0. The molecule has 70 valence electrons. The highest BCUT2D eigenvalue weighted by atomic mass is 79.9. The van der Waals surface area contributed by atoms with Gasteiger partial charge in [0.1, 0.15) is 5.69 Å². The van der Waals surface area contributed by atoms with Gasteiger partial charge in [-0.15, -0.1) is 0 Å². The summed E-state index contributed by atoms with van der Waals surface area (Å²) in [5.74, 6) is 0. The van der Waals surface area contributed by atoms with E-state index in [0.29, 0.717) is 0 Å². The Kier molecular flexibility index (Phi) is 3.76. The fourth-order valence-electron chi connectivity index (χ4n) is 0.656. The van der Waals surface area contributed by atoms with Crippen LogP contribution in [0.2, 0.25) is 0 Å². The normalized spacial score (nSPS) is 11.4. The molecule has 7 heteroatoms. The number of nitrogens with zero attached hydrogens (tertiary/aromatic N) is 2. The summed E-state index contributed by atoms with van der Waals surface area (Å²) in [6.07, 6.45) is 0. The minimum Gasteiger partial charge on any atom is -0.375 e. The Hall–Kier alpha value is -0.530. The van der Waals surface area contributed by atoms with Gasteiger partial charge in [0.15, 0.2) is 5.11 Å². The van der Waals surface area contributed by atoms with Gasteiger partial charge < -0.3 is 5.73 Å². The van der Waals surface area contributed by atoms with Crippen molar-refractivity contribution in [2.75, 3.05) is 0 Å². The Bertz CT molecular complexity index is 346. The first-order valence-corrected chi connectivity index (χ1v) is 5.35. The molecule has 0 amide bonds. The Morgan fingerprint density at radius 2 is 2.54 bits per heavy atom. The molecule has 0 fully saturated rings. The lowest BCUT2D eigenvalue weighted by Crippen LogP contribution is -2.25. The zero-order valence-electron chi connectivity index (χ0n) is 6.74. The van der Waals surface area contributed by atoms with Crippen LogP contribution in [-0.2, 0) is 0 Å². The first kappa shape index (κ1) is 10.6. The largest absolute Gasteiger partial charge is 0.375 e. The molecule has 3 N–H and O–H groups in total. The Morgan fingerprint density at radius 3 is 3.00 bits per heavy atom. The molecule has 0 saturated heterocycles. The predicted molar refractivity (Wildman–Crippen MR) is 61.9 cm³/mol. The van der Waals surface area contributed by atoms with Crippen molar-refractivity contribution in [1.82, 2.24) is 9.80 Å². The standard InChI is InChI=1S/C6H7BrN4S2/c1-3(9-10-6(8)12)5-4(7)2-13-11-5/h2H,1H3,(H3,8,10,12)/b9-3+. The zero-order chi connectivity index (χ0) is 9.84. The average Bonchev–Trinajstić information content (AvgIpc) is 2.47. The monoisotopic (exact) mass is 278 g/mol. The third-order valence-electron chi connectivity index (χ3n) is 1.20. The zero-order valence-corrected chi connectivity index (χ0v) is 9.96. The molecule has 4 nitrogen and oxygen atoms in total. The van der Waals surface area contributed by atoms with Crippen LogP contribution in [0.1, 0.15) is 12.6 Å². The molecule has 0 saturated carbocycles. The Labute approximate surface area is 93.5 Å². The summed E-state index contributed by atoms with van der Waals surface area (Å²) in [7, 11) is 0. The van der Waals surface area contributed by atoms with Crippen LogP contribution in [0, 0.1) is 0 Å². The summed E-state index contributed by atoms with van der Waals surface area (Å²) in [5.41, 5.74) is 9.25. The molecule has 1 aromatic rings. The smallest absolute Gasteiger partial charge is 0.184 e. The van der Waals surface area contributed by atoms with Gasteiger partial charge in [0.2, 0.25) is 0 Å². The van der Waals surface area contributed by atoms with E-state index < -0.39 is 0 Å². The lowest BCUT2D eigenvalue weighted by atomic mass is 10.3. The fraction of sp³-hybridized carbons (Fsp3) is 0.167. The summed E-state index contributed by atoms with van der Waals surface area (Å²) in [5, 5.41) is 5.97. The summed E-state index contributed by atoms with van der Waals surface area (Å²) < 4.78 is 5.05. The minimum absolute atomic E-state index is 0.144. The van der Waals surface area contributed by atoms with Gasteiger partial charge in [0.05, 0.1) is 10.2 Å². The average molecular weight is 279 g/mol. The van der Waals surface area contributed by atoms with Crippen LogP contribution in [0.5, 0.6) is 0 Å². The second kappa shape index (κ2) is 4.64. The van der Waals surface area contributed by atoms with Gasteiger partial charge in [0.25, 0.3) is 0 Å². The number of nitrogens with one attached hydrogen (secondary N) is 1. The lowest BCUT2D eigenvalue weighted by molar-refractivity contribution is 1.03. The number of hydrazone groups is 1. The van der Waals surface area contributed by atoms with Gasteiger partial charge in [-0.1, -0.05) is 0 Å². The molecule has 0 aliphatic heterocycles. The van der Waals surface area contributed by atoms with Crippen molar-refractivity contribution >= 4 is 50.5 Å². The van der Waals surface area contributed by atoms with Crippen LogP contribution in [0.25, 0.3) is 0 Å². The number of hydrogen-bond acceptors (Lipinski definition) is 4. The van der Waals surface area contributed by atoms with Crippen molar-refractivity contribution < 1.29 is 0 Å². The van der Waals surface area contributed by atoms with Crippen molar-refractivity contribution in [3.05, 3.63) is 15.5 Å². The molecular formula is C6H7BrN4S2. The molecule has 13 heavy (non-hydrogen) atoms. The number of thiocarbonyl (C=S) groups is 1. The van der Waals surface area contributed by atoms with Crippen molar-refractivity contribution in [2.24, 2.45) is 10.8 Å². The van der Waals surface area contributed by atoms with Crippen molar-refractivity contribution in [3.63, 3.8) is 0 Å². The third kappa shape index (κ3) is 3.02. The van der Waals surface area contributed by atoms with E-state index in [2.05, 4.69) is 43.0 Å². The number of halogens is 1. The SMILES string of the molecule is C/C(=N\NC(N)=S)c1nscc1Br. The van der Waals surface area contributed by atoms with E-state index in [-0.39, 0.29) is 5.11 Å². The highest BCUT2D eigenvalue weighted by molar-refractivity contribution is 9.10. The molecule has 0 bridgehead atoms. The number of nitrogens with two attached hydrogens (primary N) is 1. The number of rotatable bonds is 2. The molecule has 0 spiro atoms. The lowest BCUT2D eigenvalue weighted by Gasteiger charge is -1.98. The highest BCUT2D eigenvalue weighted by Gasteiger charge is 2.05. The second-order valence-corrected chi connectivity index (χ2v) is 4.11. The van der Waals surface area contributed by atoms with Crippen molar-refractivity contribution in [3.8, 4) is 0 Å². The maximum Gasteiger partial charge on any atom is 0.184 e. The molecule has 0 aromatic carbocycles. The van der Waals surface area contributed by atoms with Crippen LogP contribution in [0.4, 0.5) is 0 Å². The summed E-state index contributed by atoms with van der Waals surface area (Å²) >= 11 is 9.31. The van der Waals surface area contributed by atoms with E-state index in [1.165, 1.54) is 11.5 Å². The molecule has 0 unspecified atom stereocenters. The van der Waals surface area contributed by atoms with Gasteiger partial charge in [-0.05, 0) is 46.6 Å². The van der Waals surface area contributed by atoms with Gasteiger partial charge in [-0.25, -0.2) is 0 Å². The molecule has 1 heterocycles. The third-order valence-corrected chi connectivity index (χ3v) is 2.83. The van der Waals surface area contributed by atoms with E-state index in [4.69, 9.17) is 5.73 Å². The quantitative estimate of drug-likeness (QED) is 0.489. The van der Waals surface area contributed by atoms with Crippen molar-refractivity contribution in [1.29, 1.82) is 0 Å². The molecule has 0 aliphatic carbocycles. The van der Waals surface area contributed by atoms with Crippen LogP contribution in [-0.4, -0.2) is 15.2 Å². The maximum atomic E-state index is 5.22. The molecule has 0 aliphatic rings. The second-order valence-electron chi connectivity index (χ2n) is 2.18. The predicted octanol–water partition coefficient (Wildman–Crippen LogP) is 1.46. The Balaban J connectivity index is 2.78. The molecule has 1 aromatic heterocycles. The molecule has 0 atom stereocenters. The maximum absolute atomic E-state index is 5.22. The van der Waals surface area contributed by atoms with Crippen molar-refractivity contribution in [2.45, 2.75) is 6.92 Å². The molecule has 1 rings (SSSR count). The Morgan fingerprint density at radius 1 is 1.85 bits per heavy atom. The first-order chi connectivity index (χ1) is 6.11. The van der Waals surface area contributed by atoms with Gasteiger partial charge in [-0.2, -0.15) is 9.47 Å². The molecular weight excluding hydrogens is 272 g/mol. The van der Waals surface area contributed by atoms with Crippen LogP contribution >= 0.6 is 39.7 Å². The van der Waals surface area contributed by atoms with Crippen LogP contribution in [0.3, 0.4) is 0 Å². The molecule has 0 radical (unpaired) electrons. The summed E-state index contributed by atoms with van der Waals surface area (Å²) in [6.45, 7) is 1.82. The van der Waals surface area contributed by atoms with Gasteiger partial charge >= 0.3 is 0 Å². The van der Waals surface area contributed by atoms with E-state index in [1.54, 1.807) is 0 Å². The van der Waals surface area contributed by atoms with Gasteiger partial charge in [-0.3, -0.25) is 5.43 Å². The van der Waals surface area contributed by atoms with E-state index in [1.807, 2.05) is 12.3 Å².